The summed E-state index contributed by atoms with van der Waals surface area (Å²) in [6.07, 6.45) is 2.30. The lowest BCUT2D eigenvalue weighted by Crippen LogP contribution is -2.46. The molecular formula is C14H21N3O2. The van der Waals surface area contributed by atoms with Crippen LogP contribution in [0.15, 0.2) is 18.2 Å². The number of likely N-dealkylation sites (N-methyl/N-ethyl adjacent to an activating group) is 1. The van der Waals surface area contributed by atoms with Crippen molar-refractivity contribution in [2.75, 3.05) is 24.5 Å². The molecule has 1 fully saturated rings. The van der Waals surface area contributed by atoms with E-state index >= 15 is 0 Å². The molecule has 5 nitrogen and oxygen atoms in total. The zero-order chi connectivity index (χ0) is 13.8. The van der Waals surface area contributed by atoms with Gasteiger partial charge in [-0.2, -0.15) is 0 Å². The van der Waals surface area contributed by atoms with Crippen LogP contribution in [0.3, 0.4) is 0 Å². The molecule has 1 aromatic rings. The molecule has 1 heterocycles. The Balaban J connectivity index is 2.28. The standard InChI is InChI=1S/C14H21N3O2/c1-3-16(12-5-4-6-15-10-12)13-7-11(2)8-14(9-13)17(18)19/h7-9,12,15H,3-6,10H2,1-2H3. The maximum Gasteiger partial charge on any atom is 0.271 e. The van der Waals surface area contributed by atoms with Gasteiger partial charge >= 0.3 is 0 Å². The maximum atomic E-state index is 11.0. The van der Waals surface area contributed by atoms with Crippen molar-refractivity contribution in [1.29, 1.82) is 0 Å². The molecule has 1 N–H and O–H groups in total. The zero-order valence-corrected chi connectivity index (χ0v) is 11.6. The highest BCUT2D eigenvalue weighted by molar-refractivity contribution is 5.56. The summed E-state index contributed by atoms with van der Waals surface area (Å²) in [5.41, 5.74) is 2.08. The van der Waals surface area contributed by atoms with Crippen molar-refractivity contribution in [3.8, 4) is 0 Å². The largest absolute Gasteiger partial charge is 0.367 e. The lowest BCUT2D eigenvalue weighted by molar-refractivity contribution is -0.384. The van der Waals surface area contributed by atoms with E-state index in [4.69, 9.17) is 0 Å². The van der Waals surface area contributed by atoms with Gasteiger partial charge in [0, 0.05) is 37.0 Å². The number of nitro benzene ring substituents is 1. The highest BCUT2D eigenvalue weighted by Crippen LogP contribution is 2.26. The van der Waals surface area contributed by atoms with Crippen LogP contribution in [-0.4, -0.2) is 30.6 Å². The minimum Gasteiger partial charge on any atom is -0.367 e. The number of rotatable bonds is 4. The number of nitrogens with one attached hydrogen (secondary N) is 1. The average Bonchev–Trinajstić information content (AvgIpc) is 2.40. The average molecular weight is 263 g/mol. The van der Waals surface area contributed by atoms with Gasteiger partial charge in [-0.15, -0.1) is 0 Å². The summed E-state index contributed by atoms with van der Waals surface area (Å²) < 4.78 is 0. The van der Waals surface area contributed by atoms with Gasteiger partial charge in [0.2, 0.25) is 0 Å². The van der Waals surface area contributed by atoms with Crippen LogP contribution in [0.25, 0.3) is 0 Å². The number of benzene rings is 1. The lowest BCUT2D eigenvalue weighted by atomic mass is 10.0. The first kappa shape index (κ1) is 13.8. The van der Waals surface area contributed by atoms with Gasteiger partial charge in [-0.1, -0.05) is 0 Å². The molecule has 0 amide bonds. The van der Waals surface area contributed by atoms with E-state index < -0.39 is 0 Å². The Morgan fingerprint density at radius 1 is 1.47 bits per heavy atom. The molecule has 1 aliphatic heterocycles. The van der Waals surface area contributed by atoms with Crippen molar-refractivity contribution in [3.05, 3.63) is 33.9 Å². The van der Waals surface area contributed by atoms with Crippen LogP contribution in [0.1, 0.15) is 25.3 Å². The second kappa shape index (κ2) is 6.02. The predicted octanol–water partition coefficient (Wildman–Crippen LogP) is 2.48. The van der Waals surface area contributed by atoms with Gasteiger partial charge in [-0.25, -0.2) is 0 Å². The van der Waals surface area contributed by atoms with E-state index in [9.17, 15) is 10.1 Å². The zero-order valence-electron chi connectivity index (χ0n) is 11.6. The molecule has 0 saturated carbocycles. The highest BCUT2D eigenvalue weighted by atomic mass is 16.6. The van der Waals surface area contributed by atoms with E-state index in [1.807, 2.05) is 13.0 Å². The molecule has 104 valence electrons. The van der Waals surface area contributed by atoms with Crippen molar-refractivity contribution in [2.45, 2.75) is 32.7 Å². The Morgan fingerprint density at radius 3 is 2.84 bits per heavy atom. The molecule has 1 aromatic carbocycles. The number of hydrogen-bond acceptors (Lipinski definition) is 4. The van der Waals surface area contributed by atoms with E-state index in [0.717, 1.165) is 43.7 Å². The van der Waals surface area contributed by atoms with Crippen molar-refractivity contribution in [3.63, 3.8) is 0 Å². The van der Waals surface area contributed by atoms with Crippen LogP contribution < -0.4 is 10.2 Å². The second-order valence-electron chi connectivity index (χ2n) is 5.07. The summed E-state index contributed by atoms with van der Waals surface area (Å²) >= 11 is 0. The van der Waals surface area contributed by atoms with Crippen molar-refractivity contribution < 1.29 is 4.92 Å². The number of aryl methyl sites for hydroxylation is 1. The van der Waals surface area contributed by atoms with Crippen molar-refractivity contribution in [2.24, 2.45) is 0 Å². The van der Waals surface area contributed by atoms with E-state index in [0.29, 0.717) is 6.04 Å². The predicted molar refractivity (Wildman–Crippen MR) is 76.7 cm³/mol. The molecular weight excluding hydrogens is 242 g/mol. The van der Waals surface area contributed by atoms with Crippen LogP contribution in [-0.2, 0) is 0 Å². The quantitative estimate of drug-likeness (QED) is 0.669. The first-order valence-electron chi connectivity index (χ1n) is 6.85. The molecule has 0 aliphatic carbocycles. The molecule has 1 saturated heterocycles. The fourth-order valence-corrected chi connectivity index (χ4v) is 2.77. The Kier molecular flexibility index (Phi) is 4.37. The third-order valence-electron chi connectivity index (χ3n) is 3.64. The number of piperidine rings is 1. The molecule has 0 bridgehead atoms. The highest BCUT2D eigenvalue weighted by Gasteiger charge is 2.21. The number of nitro groups is 1. The normalized spacial score (nSPS) is 19.2. The van der Waals surface area contributed by atoms with Crippen molar-refractivity contribution >= 4 is 11.4 Å². The van der Waals surface area contributed by atoms with Crippen LogP contribution >= 0.6 is 0 Å². The van der Waals surface area contributed by atoms with Crippen LogP contribution in [0, 0.1) is 17.0 Å². The summed E-state index contributed by atoms with van der Waals surface area (Å²) in [6.45, 7) is 6.90. The van der Waals surface area contributed by atoms with Gasteiger partial charge < -0.3 is 10.2 Å². The topological polar surface area (TPSA) is 58.4 Å². The van der Waals surface area contributed by atoms with Crippen LogP contribution in [0.2, 0.25) is 0 Å². The molecule has 0 aromatic heterocycles. The van der Waals surface area contributed by atoms with E-state index in [1.54, 1.807) is 12.1 Å². The molecule has 1 aliphatic rings. The van der Waals surface area contributed by atoms with Gasteiger partial charge in [0.25, 0.3) is 5.69 Å². The summed E-state index contributed by atoms with van der Waals surface area (Å²) in [5, 5.41) is 14.4. The number of anilines is 1. The third-order valence-corrected chi connectivity index (χ3v) is 3.64. The van der Waals surface area contributed by atoms with E-state index in [1.165, 1.54) is 0 Å². The Morgan fingerprint density at radius 2 is 2.26 bits per heavy atom. The molecule has 1 atom stereocenters. The molecule has 2 rings (SSSR count). The molecule has 0 spiro atoms. The van der Waals surface area contributed by atoms with Crippen LogP contribution in [0.5, 0.6) is 0 Å². The first-order chi connectivity index (χ1) is 9.11. The van der Waals surface area contributed by atoms with Gasteiger partial charge in [0.15, 0.2) is 0 Å². The fourth-order valence-electron chi connectivity index (χ4n) is 2.77. The number of non-ortho nitro benzene ring substituents is 1. The Hall–Kier alpha value is -1.62. The second-order valence-corrected chi connectivity index (χ2v) is 5.07. The molecule has 19 heavy (non-hydrogen) atoms. The minimum absolute atomic E-state index is 0.178. The summed E-state index contributed by atoms with van der Waals surface area (Å²) in [4.78, 5) is 12.9. The maximum absolute atomic E-state index is 11.0. The number of nitrogens with zero attached hydrogens (tertiary/aromatic N) is 2. The SMILES string of the molecule is CCN(c1cc(C)cc([N+](=O)[O-])c1)C1CCCNC1. The van der Waals surface area contributed by atoms with Gasteiger partial charge in [-0.3, -0.25) is 10.1 Å². The van der Waals surface area contributed by atoms with Gasteiger partial charge in [-0.05, 0) is 44.9 Å². The first-order valence-corrected chi connectivity index (χ1v) is 6.85. The smallest absolute Gasteiger partial charge is 0.271 e. The van der Waals surface area contributed by atoms with Crippen molar-refractivity contribution in [1.82, 2.24) is 5.32 Å². The third kappa shape index (κ3) is 3.23. The van der Waals surface area contributed by atoms with Crippen LogP contribution in [0.4, 0.5) is 11.4 Å². The Bertz CT molecular complexity index is 456. The van der Waals surface area contributed by atoms with E-state index in [-0.39, 0.29) is 10.6 Å². The monoisotopic (exact) mass is 263 g/mol. The number of hydrogen-bond donors (Lipinski definition) is 1. The minimum atomic E-state index is -0.316. The fraction of sp³-hybridized carbons (Fsp3) is 0.571. The van der Waals surface area contributed by atoms with E-state index in [2.05, 4.69) is 17.1 Å². The Labute approximate surface area is 113 Å². The summed E-state index contributed by atoms with van der Waals surface area (Å²) in [5.74, 6) is 0. The lowest BCUT2D eigenvalue weighted by Gasteiger charge is -2.35. The molecule has 5 heteroatoms. The summed E-state index contributed by atoms with van der Waals surface area (Å²) in [6, 6.07) is 5.77. The molecule has 1 unspecified atom stereocenters. The van der Waals surface area contributed by atoms with Gasteiger partial charge in [0.05, 0.1) is 4.92 Å². The molecule has 0 radical (unpaired) electrons. The summed E-state index contributed by atoms with van der Waals surface area (Å²) in [7, 11) is 0. The van der Waals surface area contributed by atoms with Gasteiger partial charge in [0.1, 0.15) is 0 Å².